The molecule has 1 aliphatic rings. The Labute approximate surface area is 127 Å². The zero-order valence-electron chi connectivity index (χ0n) is 10.7. The number of rotatable bonds is 2. The van der Waals surface area contributed by atoms with Gasteiger partial charge in [0.25, 0.3) is 0 Å². The first-order valence-electron chi connectivity index (χ1n) is 6.15. The van der Waals surface area contributed by atoms with Crippen LogP contribution in [0.2, 0.25) is 0 Å². The van der Waals surface area contributed by atoms with E-state index in [1.807, 2.05) is 17.1 Å². The molecule has 0 spiro atoms. The number of nitrogens with zero attached hydrogens (tertiary/aromatic N) is 2. The monoisotopic (exact) mass is 339 g/mol. The molecule has 6 heteroatoms. The SMILES string of the molecule is Br.Oc1ccc(F)c2c1CN(Nc1ccncc1)CC2. The molecule has 0 amide bonds. The minimum absolute atomic E-state index is 0. The van der Waals surface area contributed by atoms with E-state index in [0.717, 1.165) is 5.69 Å². The van der Waals surface area contributed by atoms with Crippen LogP contribution in [0.3, 0.4) is 0 Å². The molecular weight excluding hydrogens is 325 g/mol. The summed E-state index contributed by atoms with van der Waals surface area (Å²) in [6.45, 7) is 1.16. The fraction of sp³-hybridized carbons (Fsp3) is 0.214. The summed E-state index contributed by atoms with van der Waals surface area (Å²) < 4.78 is 13.6. The molecule has 2 aromatic rings. The van der Waals surface area contributed by atoms with Crippen molar-refractivity contribution >= 4 is 22.7 Å². The molecule has 0 unspecified atom stereocenters. The Balaban J connectivity index is 0.00000147. The van der Waals surface area contributed by atoms with Crippen molar-refractivity contribution in [3.8, 4) is 5.75 Å². The van der Waals surface area contributed by atoms with Gasteiger partial charge in [-0.2, -0.15) is 0 Å². The number of aromatic hydroxyl groups is 1. The third kappa shape index (κ3) is 2.91. The summed E-state index contributed by atoms with van der Waals surface area (Å²) in [5, 5.41) is 11.8. The Hall–Kier alpha value is -1.66. The van der Waals surface area contributed by atoms with Gasteiger partial charge in [0.2, 0.25) is 0 Å². The first-order chi connectivity index (χ1) is 9.24. The average molecular weight is 340 g/mol. The highest BCUT2D eigenvalue weighted by Gasteiger charge is 2.21. The molecule has 106 valence electrons. The number of halogens is 2. The Morgan fingerprint density at radius 3 is 2.65 bits per heavy atom. The van der Waals surface area contributed by atoms with E-state index in [1.54, 1.807) is 12.4 Å². The summed E-state index contributed by atoms with van der Waals surface area (Å²) in [6, 6.07) is 6.45. The predicted octanol–water partition coefficient (Wildman–Crippen LogP) is 2.89. The van der Waals surface area contributed by atoms with Gasteiger partial charge in [-0.3, -0.25) is 4.98 Å². The topological polar surface area (TPSA) is 48.4 Å². The summed E-state index contributed by atoms with van der Waals surface area (Å²) >= 11 is 0. The van der Waals surface area contributed by atoms with Gasteiger partial charge in [0, 0.05) is 31.0 Å². The van der Waals surface area contributed by atoms with Crippen LogP contribution in [-0.2, 0) is 13.0 Å². The fourth-order valence-corrected chi connectivity index (χ4v) is 2.32. The van der Waals surface area contributed by atoms with Crippen molar-refractivity contribution < 1.29 is 9.50 Å². The third-order valence-corrected chi connectivity index (χ3v) is 3.30. The van der Waals surface area contributed by atoms with Gasteiger partial charge >= 0.3 is 0 Å². The minimum Gasteiger partial charge on any atom is -0.508 e. The fourth-order valence-electron chi connectivity index (χ4n) is 2.32. The van der Waals surface area contributed by atoms with E-state index >= 15 is 0 Å². The van der Waals surface area contributed by atoms with Crippen LogP contribution >= 0.6 is 17.0 Å². The number of pyridine rings is 1. The Kier molecular flexibility index (Phi) is 4.57. The number of hydrogen-bond acceptors (Lipinski definition) is 4. The van der Waals surface area contributed by atoms with Crippen LogP contribution in [0.15, 0.2) is 36.7 Å². The summed E-state index contributed by atoms with van der Waals surface area (Å²) in [5.74, 6) is -0.0889. The van der Waals surface area contributed by atoms with E-state index in [1.165, 1.54) is 12.1 Å². The van der Waals surface area contributed by atoms with Gasteiger partial charge in [-0.1, -0.05) is 0 Å². The summed E-state index contributed by atoms with van der Waals surface area (Å²) in [7, 11) is 0. The van der Waals surface area contributed by atoms with Crippen LogP contribution in [0.25, 0.3) is 0 Å². The maximum absolute atomic E-state index is 13.6. The summed E-state index contributed by atoms with van der Waals surface area (Å²) in [6.07, 6.45) is 3.99. The van der Waals surface area contributed by atoms with Crippen molar-refractivity contribution in [1.29, 1.82) is 0 Å². The number of phenolic OH excluding ortho intramolecular Hbond substituents is 1. The second-order valence-electron chi connectivity index (χ2n) is 4.54. The number of anilines is 1. The summed E-state index contributed by atoms with van der Waals surface area (Å²) in [5.41, 5.74) is 5.43. The molecule has 0 bridgehead atoms. The molecular formula is C14H15BrFN3O. The lowest BCUT2D eigenvalue weighted by atomic mass is 9.99. The highest BCUT2D eigenvalue weighted by Crippen LogP contribution is 2.29. The van der Waals surface area contributed by atoms with Crippen molar-refractivity contribution in [2.75, 3.05) is 12.0 Å². The van der Waals surface area contributed by atoms with Crippen LogP contribution in [0.4, 0.5) is 10.1 Å². The Morgan fingerprint density at radius 2 is 1.90 bits per heavy atom. The Bertz CT molecular complexity index is 594. The number of hydrazine groups is 1. The maximum Gasteiger partial charge on any atom is 0.127 e. The highest BCUT2D eigenvalue weighted by molar-refractivity contribution is 8.93. The molecule has 0 fully saturated rings. The number of aromatic nitrogens is 1. The number of fused-ring (bicyclic) bond motifs is 1. The van der Waals surface area contributed by atoms with E-state index < -0.39 is 0 Å². The first-order valence-corrected chi connectivity index (χ1v) is 6.15. The molecule has 2 N–H and O–H groups in total. The molecule has 20 heavy (non-hydrogen) atoms. The second-order valence-corrected chi connectivity index (χ2v) is 4.54. The van der Waals surface area contributed by atoms with Gasteiger partial charge in [-0.15, -0.1) is 17.0 Å². The molecule has 0 atom stereocenters. The minimum atomic E-state index is -0.239. The third-order valence-electron chi connectivity index (χ3n) is 3.30. The molecule has 3 rings (SSSR count). The van der Waals surface area contributed by atoms with Gasteiger partial charge < -0.3 is 10.5 Å². The highest BCUT2D eigenvalue weighted by atomic mass is 79.9. The molecule has 0 aliphatic carbocycles. The van der Waals surface area contributed by atoms with E-state index in [4.69, 9.17) is 0 Å². The molecule has 2 heterocycles. The predicted molar refractivity (Wildman–Crippen MR) is 80.4 cm³/mol. The number of phenols is 1. The van der Waals surface area contributed by atoms with Crippen molar-refractivity contribution in [3.63, 3.8) is 0 Å². The van der Waals surface area contributed by atoms with E-state index in [-0.39, 0.29) is 28.5 Å². The van der Waals surface area contributed by atoms with Crippen LogP contribution < -0.4 is 5.43 Å². The van der Waals surface area contributed by atoms with E-state index in [9.17, 15) is 9.50 Å². The quantitative estimate of drug-likeness (QED) is 0.883. The van der Waals surface area contributed by atoms with Crippen LogP contribution in [0.5, 0.6) is 5.75 Å². The van der Waals surface area contributed by atoms with Crippen LogP contribution in [0.1, 0.15) is 11.1 Å². The number of benzene rings is 1. The van der Waals surface area contributed by atoms with Crippen molar-refractivity contribution in [2.45, 2.75) is 13.0 Å². The maximum atomic E-state index is 13.6. The van der Waals surface area contributed by atoms with Crippen LogP contribution in [-0.4, -0.2) is 21.6 Å². The van der Waals surface area contributed by atoms with Crippen molar-refractivity contribution in [3.05, 3.63) is 53.6 Å². The first kappa shape index (κ1) is 14.7. The lowest BCUT2D eigenvalue weighted by molar-refractivity contribution is 0.296. The van der Waals surface area contributed by atoms with Gasteiger partial charge in [0.05, 0.1) is 5.69 Å². The average Bonchev–Trinajstić information content (AvgIpc) is 2.44. The van der Waals surface area contributed by atoms with Gasteiger partial charge in [-0.25, -0.2) is 9.40 Å². The van der Waals surface area contributed by atoms with Crippen LogP contribution in [0, 0.1) is 5.82 Å². The standard InChI is InChI=1S/C14H14FN3O.BrH/c15-13-1-2-14(19)12-9-18(8-5-11(12)13)17-10-3-6-16-7-4-10;/h1-4,6-7,19H,5,8-9H2,(H,16,17);1H. The normalized spacial score (nSPS) is 14.2. The lowest BCUT2D eigenvalue weighted by Gasteiger charge is -2.30. The van der Waals surface area contributed by atoms with Gasteiger partial charge in [-0.05, 0) is 36.2 Å². The molecule has 0 saturated heterocycles. The summed E-state index contributed by atoms with van der Waals surface area (Å²) in [4.78, 5) is 3.95. The second kappa shape index (κ2) is 6.19. The van der Waals surface area contributed by atoms with Gasteiger partial charge in [0.1, 0.15) is 11.6 Å². The molecule has 4 nitrogen and oxygen atoms in total. The smallest absolute Gasteiger partial charge is 0.127 e. The largest absolute Gasteiger partial charge is 0.508 e. The Morgan fingerprint density at radius 1 is 1.15 bits per heavy atom. The van der Waals surface area contributed by atoms with Crippen molar-refractivity contribution in [1.82, 2.24) is 9.99 Å². The molecule has 1 aliphatic heterocycles. The van der Waals surface area contributed by atoms with E-state index in [0.29, 0.717) is 30.6 Å². The van der Waals surface area contributed by atoms with Crippen molar-refractivity contribution in [2.24, 2.45) is 0 Å². The molecule has 1 aromatic heterocycles. The number of nitrogens with one attached hydrogen (secondary N) is 1. The lowest BCUT2D eigenvalue weighted by Crippen LogP contribution is -2.35. The van der Waals surface area contributed by atoms with Gasteiger partial charge in [0.15, 0.2) is 0 Å². The molecule has 0 saturated carbocycles. The zero-order chi connectivity index (χ0) is 13.2. The molecule has 1 aromatic carbocycles. The zero-order valence-corrected chi connectivity index (χ0v) is 12.4. The number of hydrogen-bond donors (Lipinski definition) is 2. The molecule has 0 radical (unpaired) electrons. The van der Waals surface area contributed by atoms with E-state index in [2.05, 4.69) is 10.4 Å².